The molecule has 0 saturated carbocycles. The Kier molecular flexibility index (Phi) is 7.69. The summed E-state index contributed by atoms with van der Waals surface area (Å²) in [5.74, 6) is 0.0749. The fourth-order valence-corrected chi connectivity index (χ4v) is 1.03. The molecule has 0 heterocycles. The van der Waals surface area contributed by atoms with Crippen molar-refractivity contribution in [1.29, 1.82) is 0 Å². The van der Waals surface area contributed by atoms with E-state index in [1.165, 1.54) is 12.5 Å². The summed E-state index contributed by atoms with van der Waals surface area (Å²) in [5.41, 5.74) is 1.10. The van der Waals surface area contributed by atoms with E-state index in [0.29, 0.717) is 12.4 Å². The van der Waals surface area contributed by atoms with Crippen molar-refractivity contribution in [3.05, 3.63) is 29.6 Å². The first-order chi connectivity index (χ1) is 7.19. The Morgan fingerprint density at radius 3 is 2.20 bits per heavy atom. The maximum Gasteiger partial charge on any atom is 0.165 e. The molecule has 0 aliphatic rings. The highest BCUT2D eigenvalue weighted by Gasteiger charge is 2.02. The Balaban J connectivity index is 0.000000583. The number of ether oxygens (including phenoxy) is 1. The minimum Gasteiger partial charge on any atom is -0.491 e. The largest absolute Gasteiger partial charge is 0.491 e. The molecule has 1 aromatic carbocycles. The van der Waals surface area contributed by atoms with Crippen LogP contribution >= 0.6 is 0 Å². The number of halogens is 1. The number of hydrogen-bond donors (Lipinski definition) is 0. The zero-order valence-electron chi connectivity index (χ0n) is 10.1. The van der Waals surface area contributed by atoms with Gasteiger partial charge in [0.25, 0.3) is 0 Å². The number of aryl methyl sites for hydroxylation is 1. The highest BCUT2D eigenvalue weighted by molar-refractivity contribution is 5.30. The monoisotopic (exact) mass is 212 g/mol. The van der Waals surface area contributed by atoms with E-state index in [1.54, 1.807) is 12.1 Å². The first-order valence-electron chi connectivity index (χ1n) is 5.60. The lowest BCUT2D eigenvalue weighted by Crippen LogP contribution is -1.95. The standard InChI is InChI=1S/C10H13FO.C3H8/c1-3-8-5-6-9(11)10(7-8)12-4-2;1-3-2/h5-7H,3-4H2,1-2H3;3H2,1-2H3. The van der Waals surface area contributed by atoms with Gasteiger partial charge < -0.3 is 4.74 Å². The summed E-state index contributed by atoms with van der Waals surface area (Å²) in [4.78, 5) is 0. The van der Waals surface area contributed by atoms with Gasteiger partial charge in [-0.15, -0.1) is 0 Å². The highest BCUT2D eigenvalue weighted by Crippen LogP contribution is 2.18. The molecule has 0 spiro atoms. The Morgan fingerprint density at radius 1 is 1.13 bits per heavy atom. The van der Waals surface area contributed by atoms with Crippen molar-refractivity contribution >= 4 is 0 Å². The third-order valence-electron chi connectivity index (χ3n) is 1.70. The normalized spacial score (nSPS) is 9.13. The van der Waals surface area contributed by atoms with E-state index in [0.717, 1.165) is 12.0 Å². The minimum absolute atomic E-state index is 0.283. The molecule has 15 heavy (non-hydrogen) atoms. The van der Waals surface area contributed by atoms with Crippen LogP contribution in [0.25, 0.3) is 0 Å². The van der Waals surface area contributed by atoms with Crippen LogP contribution in [0, 0.1) is 5.82 Å². The maximum absolute atomic E-state index is 13.0. The van der Waals surface area contributed by atoms with Crippen molar-refractivity contribution in [3.63, 3.8) is 0 Å². The molecule has 0 bridgehead atoms. The Morgan fingerprint density at radius 2 is 1.73 bits per heavy atom. The lowest BCUT2D eigenvalue weighted by Gasteiger charge is -2.05. The van der Waals surface area contributed by atoms with Crippen molar-refractivity contribution in [2.75, 3.05) is 6.61 Å². The van der Waals surface area contributed by atoms with E-state index in [-0.39, 0.29) is 5.82 Å². The van der Waals surface area contributed by atoms with Crippen LogP contribution in [0.5, 0.6) is 5.75 Å². The summed E-state index contributed by atoms with van der Waals surface area (Å²) in [6.07, 6.45) is 2.15. The smallest absolute Gasteiger partial charge is 0.165 e. The molecule has 1 rings (SSSR count). The van der Waals surface area contributed by atoms with Gasteiger partial charge in [-0.3, -0.25) is 0 Å². The second-order valence-corrected chi connectivity index (χ2v) is 3.26. The third-order valence-corrected chi connectivity index (χ3v) is 1.70. The van der Waals surface area contributed by atoms with Gasteiger partial charge in [0.05, 0.1) is 6.61 Å². The maximum atomic E-state index is 13.0. The third kappa shape index (κ3) is 5.40. The van der Waals surface area contributed by atoms with E-state index >= 15 is 0 Å². The molecule has 0 radical (unpaired) electrons. The average Bonchev–Trinajstić information content (AvgIpc) is 2.23. The van der Waals surface area contributed by atoms with E-state index in [4.69, 9.17) is 4.74 Å². The number of benzene rings is 1. The van der Waals surface area contributed by atoms with Gasteiger partial charge >= 0.3 is 0 Å². The molecular formula is C13H21FO. The van der Waals surface area contributed by atoms with Crippen LogP contribution in [0.15, 0.2) is 18.2 Å². The molecule has 0 amide bonds. The van der Waals surface area contributed by atoms with Crippen molar-refractivity contribution in [2.45, 2.75) is 40.5 Å². The van der Waals surface area contributed by atoms with Crippen LogP contribution in [0.4, 0.5) is 4.39 Å². The molecule has 86 valence electrons. The van der Waals surface area contributed by atoms with Crippen molar-refractivity contribution < 1.29 is 9.13 Å². The molecule has 0 fully saturated rings. The quantitative estimate of drug-likeness (QED) is 0.729. The van der Waals surface area contributed by atoms with Crippen molar-refractivity contribution in [1.82, 2.24) is 0 Å². The molecule has 0 aliphatic carbocycles. The van der Waals surface area contributed by atoms with Crippen LogP contribution in [-0.2, 0) is 6.42 Å². The molecule has 0 aromatic heterocycles. The van der Waals surface area contributed by atoms with Gasteiger partial charge in [0.2, 0.25) is 0 Å². The zero-order valence-corrected chi connectivity index (χ0v) is 10.1. The van der Waals surface area contributed by atoms with Crippen LogP contribution in [0.3, 0.4) is 0 Å². The minimum atomic E-state index is -0.283. The van der Waals surface area contributed by atoms with Gasteiger partial charge in [-0.25, -0.2) is 4.39 Å². The van der Waals surface area contributed by atoms with Gasteiger partial charge in [0.1, 0.15) is 0 Å². The first kappa shape index (κ1) is 13.9. The summed E-state index contributed by atoms with van der Waals surface area (Å²) in [6, 6.07) is 4.97. The van der Waals surface area contributed by atoms with Crippen LogP contribution in [0.2, 0.25) is 0 Å². The molecule has 0 aliphatic heterocycles. The summed E-state index contributed by atoms with van der Waals surface area (Å²) in [7, 11) is 0. The SMILES string of the molecule is CCC.CCOc1cc(CC)ccc1F. The van der Waals surface area contributed by atoms with Gasteiger partial charge in [0.15, 0.2) is 11.6 Å². The summed E-state index contributed by atoms with van der Waals surface area (Å²) in [6.45, 7) is 8.63. The van der Waals surface area contributed by atoms with Crippen molar-refractivity contribution in [3.8, 4) is 5.75 Å². The fourth-order valence-electron chi connectivity index (χ4n) is 1.03. The van der Waals surface area contributed by atoms with E-state index in [2.05, 4.69) is 13.8 Å². The molecule has 0 unspecified atom stereocenters. The van der Waals surface area contributed by atoms with Gasteiger partial charge in [-0.1, -0.05) is 33.3 Å². The Bertz CT molecular complexity index is 271. The average molecular weight is 212 g/mol. The summed E-state index contributed by atoms with van der Waals surface area (Å²) >= 11 is 0. The van der Waals surface area contributed by atoms with Gasteiger partial charge in [-0.05, 0) is 31.0 Å². The van der Waals surface area contributed by atoms with Crippen LogP contribution < -0.4 is 4.74 Å². The molecular weight excluding hydrogens is 191 g/mol. The second kappa shape index (κ2) is 8.27. The van der Waals surface area contributed by atoms with Crippen LogP contribution in [-0.4, -0.2) is 6.61 Å². The Labute approximate surface area is 92.3 Å². The van der Waals surface area contributed by atoms with Crippen LogP contribution in [0.1, 0.15) is 39.7 Å². The van der Waals surface area contributed by atoms with E-state index in [9.17, 15) is 4.39 Å². The first-order valence-corrected chi connectivity index (χ1v) is 5.60. The number of rotatable bonds is 3. The summed E-state index contributed by atoms with van der Waals surface area (Å²) < 4.78 is 18.1. The molecule has 2 heteroatoms. The molecule has 1 aromatic rings. The predicted molar refractivity (Wildman–Crippen MR) is 62.9 cm³/mol. The topological polar surface area (TPSA) is 9.23 Å². The summed E-state index contributed by atoms with van der Waals surface area (Å²) in [5, 5.41) is 0. The molecule has 0 atom stereocenters. The lowest BCUT2D eigenvalue weighted by atomic mass is 10.1. The van der Waals surface area contributed by atoms with Gasteiger partial charge in [-0.2, -0.15) is 0 Å². The van der Waals surface area contributed by atoms with E-state index < -0.39 is 0 Å². The molecule has 1 nitrogen and oxygen atoms in total. The highest BCUT2D eigenvalue weighted by atomic mass is 19.1. The van der Waals surface area contributed by atoms with Crippen molar-refractivity contribution in [2.24, 2.45) is 0 Å². The lowest BCUT2D eigenvalue weighted by molar-refractivity contribution is 0.321. The van der Waals surface area contributed by atoms with Gasteiger partial charge in [0, 0.05) is 0 Å². The molecule has 0 saturated heterocycles. The number of hydrogen-bond acceptors (Lipinski definition) is 1. The predicted octanol–water partition coefficient (Wildman–Crippen LogP) is 4.20. The Hall–Kier alpha value is -1.05. The molecule has 0 N–H and O–H groups in total. The fraction of sp³-hybridized carbons (Fsp3) is 0.538. The second-order valence-electron chi connectivity index (χ2n) is 3.26. The van der Waals surface area contributed by atoms with E-state index in [1.807, 2.05) is 13.8 Å². The zero-order chi connectivity index (χ0) is 11.7.